The van der Waals surface area contributed by atoms with Crippen LogP contribution in [0, 0.1) is 0 Å². The molecule has 0 fully saturated rings. The van der Waals surface area contributed by atoms with E-state index in [1.807, 2.05) is 30.3 Å². The minimum atomic E-state index is -3.92. The first-order valence-electron chi connectivity index (χ1n) is 9.28. The molecule has 158 valence electrons. The number of rotatable bonds is 8. The Hall–Kier alpha value is -2.82. The molecule has 8 nitrogen and oxygen atoms in total. The van der Waals surface area contributed by atoms with Crippen LogP contribution in [-0.4, -0.2) is 44.2 Å². The Bertz CT molecular complexity index is 1190. The molecule has 3 rings (SSSR count). The molecule has 0 bridgehead atoms. The number of aromatic nitrogens is 2. The molecule has 0 aliphatic carbocycles. The van der Waals surface area contributed by atoms with Crippen LogP contribution in [0.4, 0.5) is 5.69 Å². The normalized spacial score (nSPS) is 12.1. The summed E-state index contributed by atoms with van der Waals surface area (Å²) in [4.78, 5) is 8.36. The molecule has 0 aliphatic heterocycles. The van der Waals surface area contributed by atoms with Gasteiger partial charge in [0.05, 0.1) is 27.9 Å². The number of hydrogen-bond donors (Lipinski definition) is 1. The van der Waals surface area contributed by atoms with Crippen molar-refractivity contribution in [3.05, 3.63) is 67.0 Å². The van der Waals surface area contributed by atoms with Crippen molar-refractivity contribution < 1.29 is 16.8 Å². The summed E-state index contributed by atoms with van der Waals surface area (Å²) in [6, 6.07) is 14.4. The summed E-state index contributed by atoms with van der Waals surface area (Å²) >= 11 is 0. The maximum absolute atomic E-state index is 12.6. The lowest BCUT2D eigenvalue weighted by molar-refractivity contribution is 0.445. The lowest BCUT2D eigenvalue weighted by Gasteiger charge is -2.18. The summed E-state index contributed by atoms with van der Waals surface area (Å²) in [5.41, 5.74) is 1.02. The third-order valence-electron chi connectivity index (χ3n) is 4.41. The van der Waals surface area contributed by atoms with Crippen molar-refractivity contribution in [1.82, 2.24) is 14.3 Å². The number of anilines is 1. The Kier molecular flexibility index (Phi) is 6.49. The molecule has 10 heteroatoms. The summed E-state index contributed by atoms with van der Waals surface area (Å²) in [5.74, 6) is 0.476. The van der Waals surface area contributed by atoms with E-state index in [1.165, 1.54) is 41.0 Å². The summed E-state index contributed by atoms with van der Waals surface area (Å²) in [7, 11) is -7.58. The standard InChI is InChI=1S/C20H22N4O4S2/c1-3-24(4-2)30(27,28)19-12-10-18(11-13-19)29(25,26)23-17-14-21-20(22-15-17)16-8-6-5-7-9-16/h5-15,23H,3-4H2,1-2H3. The van der Waals surface area contributed by atoms with Crippen LogP contribution in [0.15, 0.2) is 76.8 Å². The van der Waals surface area contributed by atoms with Crippen LogP contribution in [0.1, 0.15) is 13.8 Å². The van der Waals surface area contributed by atoms with E-state index in [4.69, 9.17) is 0 Å². The fourth-order valence-corrected chi connectivity index (χ4v) is 5.32. The van der Waals surface area contributed by atoms with Gasteiger partial charge in [-0.3, -0.25) is 4.72 Å². The van der Waals surface area contributed by atoms with E-state index < -0.39 is 20.0 Å². The second-order valence-electron chi connectivity index (χ2n) is 6.33. The number of benzene rings is 2. The molecule has 0 radical (unpaired) electrons. The highest BCUT2D eigenvalue weighted by molar-refractivity contribution is 7.92. The number of nitrogens with one attached hydrogen (secondary N) is 1. The number of nitrogens with zero attached hydrogens (tertiary/aromatic N) is 3. The molecule has 0 aliphatic rings. The summed E-state index contributed by atoms with van der Waals surface area (Å²) in [6.07, 6.45) is 2.76. The predicted molar refractivity (Wildman–Crippen MR) is 115 cm³/mol. The highest BCUT2D eigenvalue weighted by atomic mass is 32.2. The van der Waals surface area contributed by atoms with Crippen molar-refractivity contribution in [2.75, 3.05) is 17.8 Å². The molecule has 0 spiro atoms. The van der Waals surface area contributed by atoms with Gasteiger partial charge in [-0.1, -0.05) is 44.2 Å². The van der Waals surface area contributed by atoms with Gasteiger partial charge in [0.2, 0.25) is 10.0 Å². The molecule has 0 saturated heterocycles. The zero-order chi connectivity index (χ0) is 21.8. The Morgan fingerprint density at radius 2 is 1.33 bits per heavy atom. The first kappa shape index (κ1) is 21.9. The molecule has 0 atom stereocenters. The Morgan fingerprint density at radius 3 is 1.87 bits per heavy atom. The van der Waals surface area contributed by atoms with E-state index in [1.54, 1.807) is 13.8 Å². The summed E-state index contributed by atoms with van der Waals surface area (Å²) < 4.78 is 54.1. The van der Waals surface area contributed by atoms with E-state index >= 15 is 0 Å². The maximum atomic E-state index is 12.6. The molecule has 1 N–H and O–H groups in total. The van der Waals surface area contributed by atoms with Crippen LogP contribution in [0.25, 0.3) is 11.4 Å². The molecular weight excluding hydrogens is 424 g/mol. The molecule has 1 heterocycles. The lowest BCUT2D eigenvalue weighted by atomic mass is 10.2. The number of sulfonamides is 2. The van der Waals surface area contributed by atoms with Crippen molar-refractivity contribution in [2.45, 2.75) is 23.6 Å². The fourth-order valence-electron chi connectivity index (χ4n) is 2.83. The van der Waals surface area contributed by atoms with E-state index in [0.717, 1.165) is 5.56 Å². The SMILES string of the molecule is CCN(CC)S(=O)(=O)c1ccc(S(=O)(=O)Nc2cnc(-c3ccccc3)nc2)cc1. The van der Waals surface area contributed by atoms with Gasteiger partial charge in [-0.15, -0.1) is 0 Å². The van der Waals surface area contributed by atoms with Gasteiger partial charge in [0, 0.05) is 18.7 Å². The van der Waals surface area contributed by atoms with Crippen molar-refractivity contribution >= 4 is 25.7 Å². The molecule has 30 heavy (non-hydrogen) atoms. The third-order valence-corrected chi connectivity index (χ3v) is 7.87. The Balaban J connectivity index is 1.79. The van der Waals surface area contributed by atoms with Crippen LogP contribution in [0.5, 0.6) is 0 Å². The van der Waals surface area contributed by atoms with E-state index in [2.05, 4.69) is 14.7 Å². The molecule has 0 unspecified atom stereocenters. The largest absolute Gasteiger partial charge is 0.276 e. The van der Waals surface area contributed by atoms with Gasteiger partial charge in [0.1, 0.15) is 0 Å². The van der Waals surface area contributed by atoms with Gasteiger partial charge in [-0.2, -0.15) is 4.31 Å². The first-order valence-corrected chi connectivity index (χ1v) is 12.2. The molecule has 3 aromatic rings. The van der Waals surface area contributed by atoms with Gasteiger partial charge in [0.15, 0.2) is 5.82 Å². The van der Waals surface area contributed by atoms with Gasteiger partial charge in [0.25, 0.3) is 10.0 Å². The van der Waals surface area contributed by atoms with Crippen LogP contribution in [0.3, 0.4) is 0 Å². The average molecular weight is 447 g/mol. The predicted octanol–water partition coefficient (Wildman–Crippen LogP) is 2.97. The van der Waals surface area contributed by atoms with Crippen molar-refractivity contribution in [3.8, 4) is 11.4 Å². The first-order chi connectivity index (χ1) is 14.3. The minimum absolute atomic E-state index is 0.0423. The van der Waals surface area contributed by atoms with Gasteiger partial charge in [-0.25, -0.2) is 26.8 Å². The third kappa shape index (κ3) is 4.66. The molecule has 2 aromatic carbocycles. The van der Waals surface area contributed by atoms with Crippen molar-refractivity contribution in [3.63, 3.8) is 0 Å². The van der Waals surface area contributed by atoms with Crippen molar-refractivity contribution in [1.29, 1.82) is 0 Å². The molecule has 0 amide bonds. The van der Waals surface area contributed by atoms with Crippen LogP contribution in [0.2, 0.25) is 0 Å². The highest BCUT2D eigenvalue weighted by Gasteiger charge is 2.23. The zero-order valence-electron chi connectivity index (χ0n) is 16.6. The summed E-state index contributed by atoms with van der Waals surface area (Å²) in [5, 5.41) is 0. The minimum Gasteiger partial charge on any atom is -0.276 e. The van der Waals surface area contributed by atoms with E-state index in [9.17, 15) is 16.8 Å². The lowest BCUT2D eigenvalue weighted by Crippen LogP contribution is -2.30. The second kappa shape index (κ2) is 8.90. The smallest absolute Gasteiger partial charge is 0.261 e. The summed E-state index contributed by atoms with van der Waals surface area (Å²) in [6.45, 7) is 4.16. The zero-order valence-corrected chi connectivity index (χ0v) is 18.2. The molecule has 1 aromatic heterocycles. The Morgan fingerprint density at radius 1 is 0.800 bits per heavy atom. The van der Waals surface area contributed by atoms with Gasteiger partial charge in [-0.05, 0) is 24.3 Å². The second-order valence-corrected chi connectivity index (χ2v) is 9.95. The number of hydrogen-bond acceptors (Lipinski definition) is 6. The Labute approximate surface area is 176 Å². The van der Waals surface area contributed by atoms with E-state index in [-0.39, 0.29) is 15.5 Å². The molecule has 0 saturated carbocycles. The monoisotopic (exact) mass is 446 g/mol. The van der Waals surface area contributed by atoms with Gasteiger partial charge >= 0.3 is 0 Å². The highest BCUT2D eigenvalue weighted by Crippen LogP contribution is 2.21. The average Bonchev–Trinajstić information content (AvgIpc) is 2.75. The quantitative estimate of drug-likeness (QED) is 0.570. The fraction of sp³-hybridized carbons (Fsp3) is 0.200. The maximum Gasteiger partial charge on any atom is 0.261 e. The van der Waals surface area contributed by atoms with Crippen LogP contribution < -0.4 is 4.72 Å². The van der Waals surface area contributed by atoms with Gasteiger partial charge < -0.3 is 0 Å². The topological polar surface area (TPSA) is 109 Å². The van der Waals surface area contributed by atoms with E-state index in [0.29, 0.717) is 18.9 Å². The molecular formula is C20H22N4O4S2. The van der Waals surface area contributed by atoms with Crippen molar-refractivity contribution in [2.24, 2.45) is 0 Å². The van der Waals surface area contributed by atoms with Crippen LogP contribution in [-0.2, 0) is 20.0 Å². The van der Waals surface area contributed by atoms with Crippen LogP contribution >= 0.6 is 0 Å².